The summed E-state index contributed by atoms with van der Waals surface area (Å²) in [5.74, 6) is -0.162. The van der Waals surface area contributed by atoms with Gasteiger partial charge >= 0.3 is 0 Å². The van der Waals surface area contributed by atoms with Gasteiger partial charge in [-0.3, -0.25) is 4.79 Å². The van der Waals surface area contributed by atoms with Crippen LogP contribution >= 0.6 is 11.3 Å². The van der Waals surface area contributed by atoms with E-state index < -0.39 is 11.0 Å². The maximum Gasteiger partial charge on any atom is 0.246 e. The second-order valence-corrected chi connectivity index (χ2v) is 7.28. The number of nitriles is 1. The van der Waals surface area contributed by atoms with E-state index in [2.05, 4.69) is 11.4 Å². The third kappa shape index (κ3) is 1.85. The van der Waals surface area contributed by atoms with E-state index in [0.29, 0.717) is 10.6 Å². The van der Waals surface area contributed by atoms with Crippen LogP contribution in [0.5, 0.6) is 0 Å². The van der Waals surface area contributed by atoms with E-state index in [0.717, 1.165) is 19.4 Å². The Kier molecular flexibility index (Phi) is 3.32. The highest BCUT2D eigenvalue weighted by Crippen LogP contribution is 2.57. The lowest BCUT2D eigenvalue weighted by Gasteiger charge is -2.65. The molecule has 1 saturated heterocycles. The molecule has 2 heterocycles. The first-order valence-corrected chi connectivity index (χ1v) is 8.00. The molecular weight excluding hydrogens is 286 g/mol. The first-order valence-electron chi connectivity index (χ1n) is 7.12. The van der Waals surface area contributed by atoms with E-state index >= 15 is 0 Å². The van der Waals surface area contributed by atoms with Crippen LogP contribution in [-0.4, -0.2) is 24.2 Å². The first kappa shape index (κ1) is 14.5. The summed E-state index contributed by atoms with van der Waals surface area (Å²) in [6, 6.07) is 3.77. The number of nitrogens with zero attached hydrogens (tertiary/aromatic N) is 1. The van der Waals surface area contributed by atoms with Gasteiger partial charge in [-0.2, -0.15) is 5.26 Å². The Hall–Kier alpha value is -1.42. The molecule has 112 valence electrons. The Balaban J connectivity index is 1.85. The van der Waals surface area contributed by atoms with Gasteiger partial charge in [0.2, 0.25) is 5.91 Å². The van der Waals surface area contributed by atoms with Crippen molar-refractivity contribution in [1.82, 2.24) is 0 Å². The maximum absolute atomic E-state index is 12.8. The lowest BCUT2D eigenvalue weighted by molar-refractivity contribution is -0.222. The molecule has 1 aromatic heterocycles. The second kappa shape index (κ2) is 4.80. The van der Waals surface area contributed by atoms with Crippen LogP contribution in [0.3, 0.4) is 0 Å². The summed E-state index contributed by atoms with van der Waals surface area (Å²) in [5, 5.41) is 14.2. The van der Waals surface area contributed by atoms with Crippen LogP contribution in [-0.2, 0) is 9.53 Å². The van der Waals surface area contributed by atoms with Crippen molar-refractivity contribution in [2.45, 2.75) is 38.3 Å². The number of nitrogens with two attached hydrogens (primary N) is 1. The molecule has 3 atom stereocenters. The molecule has 1 amide bonds. The Bertz CT molecular complexity index is 619. The Morgan fingerprint density at radius 2 is 2.38 bits per heavy atom. The van der Waals surface area contributed by atoms with Crippen LogP contribution in [0.15, 0.2) is 11.4 Å². The highest BCUT2D eigenvalue weighted by atomic mass is 32.1. The Labute approximate surface area is 128 Å². The number of carbonyl (C=O) groups excluding carboxylic acids is 1. The van der Waals surface area contributed by atoms with E-state index in [-0.39, 0.29) is 17.9 Å². The van der Waals surface area contributed by atoms with E-state index in [9.17, 15) is 4.79 Å². The summed E-state index contributed by atoms with van der Waals surface area (Å²) in [5.41, 5.74) is 5.63. The van der Waals surface area contributed by atoms with Crippen LogP contribution in [0.4, 0.5) is 5.00 Å². The van der Waals surface area contributed by atoms with Gasteiger partial charge in [-0.25, -0.2) is 0 Å². The third-order valence-corrected chi connectivity index (χ3v) is 5.90. The standard InChI is InChI=1S/C15H19N3O2S/c1-14(2)11-10(4-3-6-20-11)15(14,17)13(19)18-12-9(8-16)5-7-21-12/h5,7,10-11H,3-4,6,17H2,1-2H3,(H,18,19). The minimum atomic E-state index is -0.950. The molecule has 2 aliphatic rings. The predicted octanol–water partition coefficient (Wildman–Crippen LogP) is 2.09. The van der Waals surface area contributed by atoms with Gasteiger partial charge in [0.1, 0.15) is 16.6 Å². The van der Waals surface area contributed by atoms with Crippen molar-refractivity contribution in [3.05, 3.63) is 17.0 Å². The molecule has 0 bridgehead atoms. The molecule has 0 aromatic carbocycles. The summed E-state index contributed by atoms with van der Waals surface area (Å²) in [4.78, 5) is 12.8. The van der Waals surface area contributed by atoms with Gasteiger partial charge in [0.15, 0.2) is 0 Å². The molecule has 3 rings (SSSR count). The summed E-state index contributed by atoms with van der Waals surface area (Å²) in [7, 11) is 0. The van der Waals surface area contributed by atoms with Crippen LogP contribution in [0.25, 0.3) is 0 Å². The number of anilines is 1. The summed E-state index contributed by atoms with van der Waals surface area (Å²) in [6.45, 7) is 4.71. The average molecular weight is 305 g/mol. The fourth-order valence-corrected chi connectivity index (χ4v) is 4.47. The van der Waals surface area contributed by atoms with Crippen molar-refractivity contribution in [1.29, 1.82) is 5.26 Å². The first-order chi connectivity index (χ1) is 9.92. The quantitative estimate of drug-likeness (QED) is 0.875. The van der Waals surface area contributed by atoms with Crippen LogP contribution < -0.4 is 11.1 Å². The van der Waals surface area contributed by atoms with E-state index in [1.807, 2.05) is 13.8 Å². The number of amides is 1. The molecule has 1 aromatic rings. The minimum Gasteiger partial charge on any atom is -0.377 e. The van der Waals surface area contributed by atoms with Gasteiger partial charge in [0.25, 0.3) is 0 Å². The molecular formula is C15H19N3O2S. The van der Waals surface area contributed by atoms with Gasteiger partial charge < -0.3 is 15.8 Å². The van der Waals surface area contributed by atoms with Crippen molar-refractivity contribution >= 4 is 22.2 Å². The molecule has 21 heavy (non-hydrogen) atoms. The van der Waals surface area contributed by atoms with Gasteiger partial charge in [-0.15, -0.1) is 11.3 Å². The molecule has 3 N–H and O–H groups in total. The van der Waals surface area contributed by atoms with Crippen molar-refractivity contribution < 1.29 is 9.53 Å². The molecule has 0 radical (unpaired) electrons. The number of nitrogens with one attached hydrogen (secondary N) is 1. The smallest absolute Gasteiger partial charge is 0.246 e. The lowest BCUT2D eigenvalue weighted by Crippen LogP contribution is -2.81. The largest absolute Gasteiger partial charge is 0.377 e. The van der Waals surface area contributed by atoms with Gasteiger partial charge in [0, 0.05) is 17.9 Å². The summed E-state index contributed by atoms with van der Waals surface area (Å²) >= 11 is 1.34. The summed E-state index contributed by atoms with van der Waals surface area (Å²) in [6.07, 6.45) is 1.89. The van der Waals surface area contributed by atoms with Gasteiger partial charge in [-0.1, -0.05) is 13.8 Å². The Morgan fingerprint density at radius 1 is 1.62 bits per heavy atom. The number of carbonyl (C=O) groups is 1. The topological polar surface area (TPSA) is 88.1 Å². The van der Waals surface area contributed by atoms with Crippen molar-refractivity contribution in [2.24, 2.45) is 17.1 Å². The zero-order valence-electron chi connectivity index (χ0n) is 12.2. The molecule has 2 fully saturated rings. The molecule has 1 aliphatic carbocycles. The van der Waals surface area contributed by atoms with Crippen LogP contribution in [0.1, 0.15) is 32.3 Å². The number of ether oxygens (including phenoxy) is 1. The van der Waals surface area contributed by atoms with Crippen molar-refractivity contribution in [2.75, 3.05) is 11.9 Å². The molecule has 1 aliphatic heterocycles. The number of rotatable bonds is 2. The second-order valence-electron chi connectivity index (χ2n) is 6.36. The number of thiophene rings is 1. The molecule has 5 nitrogen and oxygen atoms in total. The highest BCUT2D eigenvalue weighted by Gasteiger charge is 2.70. The van der Waals surface area contributed by atoms with Crippen LogP contribution in [0.2, 0.25) is 0 Å². The Morgan fingerprint density at radius 3 is 3.10 bits per heavy atom. The molecule has 6 heteroatoms. The van der Waals surface area contributed by atoms with E-state index in [1.165, 1.54) is 11.3 Å². The fraction of sp³-hybridized carbons (Fsp3) is 0.600. The van der Waals surface area contributed by atoms with Crippen molar-refractivity contribution in [3.63, 3.8) is 0 Å². The SMILES string of the molecule is CC1(C)C2OCCCC2C1(N)C(=O)Nc1sccc1C#N. The molecule has 0 spiro atoms. The number of fused-ring (bicyclic) bond motifs is 1. The van der Waals surface area contributed by atoms with Crippen molar-refractivity contribution in [3.8, 4) is 6.07 Å². The molecule has 3 unspecified atom stereocenters. The summed E-state index contributed by atoms with van der Waals surface area (Å²) < 4.78 is 5.81. The average Bonchev–Trinajstić information content (AvgIpc) is 2.93. The zero-order valence-corrected chi connectivity index (χ0v) is 13.0. The van der Waals surface area contributed by atoms with Crippen LogP contribution in [0, 0.1) is 22.7 Å². The molecule has 1 saturated carbocycles. The number of hydrogen-bond acceptors (Lipinski definition) is 5. The predicted molar refractivity (Wildman–Crippen MR) is 80.8 cm³/mol. The zero-order chi connectivity index (χ0) is 15.3. The normalized spacial score (nSPS) is 33.4. The lowest BCUT2D eigenvalue weighted by atomic mass is 9.46. The third-order valence-electron chi connectivity index (χ3n) is 5.07. The van der Waals surface area contributed by atoms with E-state index in [4.69, 9.17) is 15.7 Å². The maximum atomic E-state index is 12.8. The monoisotopic (exact) mass is 305 g/mol. The highest BCUT2D eigenvalue weighted by molar-refractivity contribution is 7.14. The number of hydrogen-bond donors (Lipinski definition) is 2. The minimum absolute atomic E-state index is 0.0424. The van der Waals surface area contributed by atoms with Gasteiger partial charge in [-0.05, 0) is 24.3 Å². The van der Waals surface area contributed by atoms with Gasteiger partial charge in [0.05, 0.1) is 11.7 Å². The fourth-order valence-electron chi connectivity index (χ4n) is 3.74. The van der Waals surface area contributed by atoms with E-state index in [1.54, 1.807) is 11.4 Å².